The first kappa shape index (κ1) is 20.6. The molecule has 4 N–H and O–H groups in total. The molecule has 1 atom stereocenters. The molecule has 1 aromatic carbocycles. The van der Waals surface area contributed by atoms with Crippen molar-refractivity contribution >= 4 is 38.8 Å². The van der Waals surface area contributed by atoms with Crippen molar-refractivity contribution in [3.63, 3.8) is 0 Å². The summed E-state index contributed by atoms with van der Waals surface area (Å²) in [7, 11) is 0. The van der Waals surface area contributed by atoms with Gasteiger partial charge in [-0.05, 0) is 37.1 Å². The quantitative estimate of drug-likeness (QED) is 0.562. The van der Waals surface area contributed by atoms with Crippen molar-refractivity contribution < 1.29 is 9.18 Å². The summed E-state index contributed by atoms with van der Waals surface area (Å²) in [6, 6.07) is 10.2. The molecule has 0 saturated carbocycles. The van der Waals surface area contributed by atoms with Gasteiger partial charge in [0.2, 0.25) is 0 Å². The Morgan fingerprint density at radius 1 is 1.33 bits per heavy atom. The van der Waals surface area contributed by atoms with Crippen LogP contribution in [0.2, 0.25) is 0 Å². The van der Waals surface area contributed by atoms with Crippen LogP contribution in [0.4, 0.5) is 15.8 Å². The number of nitrogens with two attached hydrogens (primary N) is 1. The molecular weight excluding hydrogens is 401 g/mol. The second kappa shape index (κ2) is 8.97. The molecule has 6 nitrogen and oxygen atoms in total. The average Bonchev–Trinajstić information content (AvgIpc) is 3.11. The summed E-state index contributed by atoms with van der Waals surface area (Å²) < 4.78 is 13.6. The number of carbonyl (C=O) groups is 1. The molecule has 1 aliphatic heterocycles. The Bertz CT molecular complexity index is 1030. The Morgan fingerprint density at radius 2 is 2.07 bits per heavy atom. The normalized spacial score (nSPS) is 15.3. The van der Waals surface area contributed by atoms with E-state index in [1.807, 2.05) is 0 Å². The zero-order valence-corrected chi connectivity index (χ0v) is 17.8. The number of thiophene rings is 1. The molecule has 8 heteroatoms. The summed E-state index contributed by atoms with van der Waals surface area (Å²) in [6.45, 7) is 6.03. The molecule has 30 heavy (non-hydrogen) atoms. The number of hydrogen-bond acceptors (Lipinski definition) is 6. The van der Waals surface area contributed by atoms with Gasteiger partial charge in [-0.2, -0.15) is 0 Å². The van der Waals surface area contributed by atoms with E-state index >= 15 is 0 Å². The molecule has 0 spiro atoms. The van der Waals surface area contributed by atoms with Crippen LogP contribution in [0.5, 0.6) is 0 Å². The number of rotatable bonds is 6. The molecule has 158 valence electrons. The lowest BCUT2D eigenvalue weighted by Crippen LogP contribution is -2.43. The van der Waals surface area contributed by atoms with Gasteiger partial charge < -0.3 is 21.3 Å². The van der Waals surface area contributed by atoms with Gasteiger partial charge in [0.25, 0.3) is 5.91 Å². The molecule has 1 aliphatic rings. The van der Waals surface area contributed by atoms with Gasteiger partial charge in [-0.3, -0.25) is 4.79 Å². The fourth-order valence-corrected chi connectivity index (χ4v) is 4.56. The van der Waals surface area contributed by atoms with Gasteiger partial charge in [-0.25, -0.2) is 9.37 Å². The number of aromatic nitrogens is 1. The van der Waals surface area contributed by atoms with Gasteiger partial charge in [0.15, 0.2) is 0 Å². The SMILES string of the molecule is CC(F)c1cnc2sc(C(=O)NCCc3ccc(N4CCNCC4)cc3)c(N)c2c1. The maximum absolute atomic E-state index is 13.6. The maximum Gasteiger partial charge on any atom is 0.263 e. The van der Waals surface area contributed by atoms with Crippen molar-refractivity contribution in [2.75, 3.05) is 43.4 Å². The van der Waals surface area contributed by atoms with E-state index in [1.54, 1.807) is 6.07 Å². The number of carbonyl (C=O) groups excluding carboxylic acids is 1. The van der Waals surface area contributed by atoms with Gasteiger partial charge in [0, 0.05) is 55.6 Å². The Labute approximate surface area is 179 Å². The second-order valence-corrected chi connectivity index (χ2v) is 8.49. The number of piperazine rings is 1. The topological polar surface area (TPSA) is 83.3 Å². The summed E-state index contributed by atoms with van der Waals surface area (Å²) in [6.07, 6.45) is 1.10. The van der Waals surface area contributed by atoms with Gasteiger partial charge in [0.1, 0.15) is 15.9 Å². The molecule has 3 heterocycles. The molecule has 4 rings (SSSR count). The number of nitrogens with one attached hydrogen (secondary N) is 2. The van der Waals surface area contributed by atoms with Crippen molar-refractivity contribution in [3.8, 4) is 0 Å². The average molecular weight is 428 g/mol. The van der Waals surface area contributed by atoms with E-state index < -0.39 is 6.17 Å². The first-order valence-electron chi connectivity index (χ1n) is 10.2. The monoisotopic (exact) mass is 427 g/mol. The maximum atomic E-state index is 13.6. The van der Waals surface area contributed by atoms with Gasteiger partial charge >= 0.3 is 0 Å². The van der Waals surface area contributed by atoms with Crippen LogP contribution in [0.15, 0.2) is 36.5 Å². The number of pyridine rings is 1. The van der Waals surface area contributed by atoms with E-state index in [9.17, 15) is 9.18 Å². The van der Waals surface area contributed by atoms with E-state index in [2.05, 4.69) is 44.8 Å². The first-order chi connectivity index (χ1) is 14.5. The number of alkyl halides is 1. The highest BCUT2D eigenvalue weighted by Gasteiger charge is 2.18. The molecule has 0 aliphatic carbocycles. The van der Waals surface area contributed by atoms with Crippen LogP contribution >= 0.6 is 11.3 Å². The van der Waals surface area contributed by atoms with Gasteiger partial charge in [-0.1, -0.05) is 12.1 Å². The number of hydrogen-bond donors (Lipinski definition) is 3. The van der Waals surface area contributed by atoms with Crippen molar-refractivity contribution in [2.24, 2.45) is 0 Å². The summed E-state index contributed by atoms with van der Waals surface area (Å²) in [5.74, 6) is -0.220. The lowest BCUT2D eigenvalue weighted by atomic mass is 10.1. The van der Waals surface area contributed by atoms with Crippen molar-refractivity contribution in [1.82, 2.24) is 15.6 Å². The van der Waals surface area contributed by atoms with Crippen LogP contribution in [0.25, 0.3) is 10.2 Å². The molecule has 0 bridgehead atoms. The van der Waals surface area contributed by atoms with E-state index in [0.717, 1.165) is 32.6 Å². The highest BCUT2D eigenvalue weighted by molar-refractivity contribution is 7.21. The largest absolute Gasteiger partial charge is 0.397 e. The predicted molar refractivity (Wildman–Crippen MR) is 121 cm³/mol. The molecular formula is C22H26FN5OS. The molecule has 3 aromatic rings. The number of nitrogens with zero attached hydrogens (tertiary/aromatic N) is 2. The highest BCUT2D eigenvalue weighted by atomic mass is 32.1. The third-order valence-electron chi connectivity index (χ3n) is 5.39. The molecule has 1 saturated heterocycles. The lowest BCUT2D eigenvalue weighted by Gasteiger charge is -2.29. The molecule has 1 unspecified atom stereocenters. The van der Waals surface area contributed by atoms with Crippen molar-refractivity contribution in [1.29, 1.82) is 0 Å². The number of nitrogen functional groups attached to an aromatic ring is 1. The Balaban J connectivity index is 1.36. The Hall–Kier alpha value is -2.71. The lowest BCUT2D eigenvalue weighted by molar-refractivity contribution is 0.0959. The van der Waals surface area contributed by atoms with Crippen LogP contribution in [0.1, 0.15) is 33.9 Å². The number of amides is 1. The molecule has 1 fully saturated rings. The van der Waals surface area contributed by atoms with Crippen LogP contribution in [-0.2, 0) is 6.42 Å². The minimum absolute atomic E-state index is 0.220. The second-order valence-electron chi connectivity index (χ2n) is 7.49. The minimum atomic E-state index is -1.13. The van der Waals surface area contributed by atoms with E-state index in [1.165, 1.54) is 35.7 Å². The van der Waals surface area contributed by atoms with E-state index in [-0.39, 0.29) is 5.91 Å². The zero-order valence-electron chi connectivity index (χ0n) is 17.0. The molecule has 0 radical (unpaired) electrons. The third kappa shape index (κ3) is 4.39. The summed E-state index contributed by atoms with van der Waals surface area (Å²) >= 11 is 1.24. The summed E-state index contributed by atoms with van der Waals surface area (Å²) in [5, 5.41) is 6.93. The van der Waals surface area contributed by atoms with Crippen LogP contribution in [-0.4, -0.2) is 43.6 Å². The van der Waals surface area contributed by atoms with Crippen LogP contribution in [0, 0.1) is 0 Å². The minimum Gasteiger partial charge on any atom is -0.397 e. The summed E-state index contributed by atoms with van der Waals surface area (Å²) in [4.78, 5) is 20.3. The third-order valence-corrected chi connectivity index (χ3v) is 6.52. The Kier molecular flexibility index (Phi) is 6.15. The van der Waals surface area contributed by atoms with Crippen LogP contribution in [0.3, 0.4) is 0 Å². The van der Waals surface area contributed by atoms with Crippen molar-refractivity contribution in [3.05, 3.63) is 52.5 Å². The number of anilines is 2. The van der Waals surface area contributed by atoms with Gasteiger partial charge in [0.05, 0.1) is 5.69 Å². The number of fused-ring (bicyclic) bond motifs is 1. The summed E-state index contributed by atoms with van der Waals surface area (Å²) in [5.41, 5.74) is 9.38. The Morgan fingerprint density at radius 3 is 2.77 bits per heavy atom. The first-order valence-corrected chi connectivity index (χ1v) is 11.0. The van der Waals surface area contributed by atoms with E-state index in [0.29, 0.717) is 32.9 Å². The number of halogens is 1. The molecule has 1 amide bonds. The highest BCUT2D eigenvalue weighted by Crippen LogP contribution is 2.34. The molecule has 2 aromatic heterocycles. The van der Waals surface area contributed by atoms with Crippen LogP contribution < -0.4 is 21.3 Å². The number of benzene rings is 1. The van der Waals surface area contributed by atoms with E-state index in [4.69, 9.17) is 5.73 Å². The zero-order chi connectivity index (χ0) is 21.1. The van der Waals surface area contributed by atoms with Gasteiger partial charge in [-0.15, -0.1) is 11.3 Å². The standard InChI is InChI=1S/C22H26FN5OS/c1-14(23)16-12-18-19(24)20(30-22(18)27-13-16)21(29)26-7-6-15-2-4-17(5-3-15)28-10-8-25-9-11-28/h2-5,12-14,25H,6-11,24H2,1H3,(H,26,29). The smallest absolute Gasteiger partial charge is 0.263 e. The fraction of sp³-hybridized carbons (Fsp3) is 0.364. The predicted octanol–water partition coefficient (Wildman–Crippen LogP) is 3.29. The van der Waals surface area contributed by atoms with Crippen molar-refractivity contribution in [2.45, 2.75) is 19.5 Å². The fourth-order valence-electron chi connectivity index (χ4n) is 3.60.